The number of nitrogens with one attached hydrogen (secondary N) is 1. The lowest BCUT2D eigenvalue weighted by Gasteiger charge is -2.26. The van der Waals surface area contributed by atoms with Gasteiger partial charge in [0.25, 0.3) is 0 Å². The van der Waals surface area contributed by atoms with Crippen LogP contribution < -0.4 is 5.43 Å². The van der Waals surface area contributed by atoms with E-state index in [2.05, 4.69) is 15.4 Å². The number of morpholine rings is 1. The van der Waals surface area contributed by atoms with Crippen molar-refractivity contribution in [3.8, 4) is 10.4 Å². The summed E-state index contributed by atoms with van der Waals surface area (Å²) in [4.78, 5) is 5.47. The summed E-state index contributed by atoms with van der Waals surface area (Å²) in [5.74, 6) is 0. The zero-order chi connectivity index (χ0) is 14.7. The molecule has 0 unspecified atom stereocenters. The van der Waals surface area contributed by atoms with Crippen LogP contribution in [0.1, 0.15) is 5.01 Å². The highest BCUT2D eigenvalue weighted by Crippen LogP contribution is 2.36. The molecule has 4 nitrogen and oxygen atoms in total. The number of rotatable bonds is 4. The fraction of sp³-hybridized carbons (Fsp3) is 0.357. The number of halogens is 2. The van der Waals surface area contributed by atoms with Crippen LogP contribution in [0.15, 0.2) is 24.4 Å². The number of hydrogen-bond donors (Lipinski definition) is 1. The van der Waals surface area contributed by atoms with Crippen LogP contribution in [0.2, 0.25) is 10.0 Å². The Kier molecular flexibility index (Phi) is 5.11. The molecule has 1 N–H and O–H groups in total. The molecule has 7 heteroatoms. The Morgan fingerprint density at radius 2 is 2.10 bits per heavy atom. The molecule has 0 atom stereocenters. The molecular weight excluding hydrogens is 329 g/mol. The summed E-state index contributed by atoms with van der Waals surface area (Å²) in [6.07, 6.45) is 1.85. The van der Waals surface area contributed by atoms with Crippen LogP contribution in [0.4, 0.5) is 0 Å². The Hall–Kier alpha value is -0.690. The fourth-order valence-corrected chi connectivity index (χ4v) is 3.45. The van der Waals surface area contributed by atoms with Crippen molar-refractivity contribution in [2.24, 2.45) is 0 Å². The lowest BCUT2D eigenvalue weighted by atomic mass is 10.2. The molecule has 1 aliphatic heterocycles. The number of thiazole rings is 1. The van der Waals surface area contributed by atoms with E-state index < -0.39 is 0 Å². The molecule has 3 rings (SSSR count). The second-order valence-electron chi connectivity index (χ2n) is 4.65. The highest BCUT2D eigenvalue weighted by atomic mass is 35.5. The highest BCUT2D eigenvalue weighted by Gasteiger charge is 2.12. The van der Waals surface area contributed by atoms with Crippen LogP contribution in [0, 0.1) is 0 Å². The first kappa shape index (κ1) is 15.2. The molecule has 0 saturated carbocycles. The Morgan fingerprint density at radius 1 is 1.29 bits per heavy atom. The van der Waals surface area contributed by atoms with Crippen molar-refractivity contribution in [2.75, 3.05) is 26.3 Å². The van der Waals surface area contributed by atoms with Gasteiger partial charge in [0.15, 0.2) is 0 Å². The second kappa shape index (κ2) is 7.05. The average molecular weight is 344 g/mol. The van der Waals surface area contributed by atoms with Crippen LogP contribution >= 0.6 is 34.5 Å². The first-order valence-corrected chi connectivity index (χ1v) is 8.26. The minimum atomic E-state index is 0.565. The molecule has 1 fully saturated rings. The van der Waals surface area contributed by atoms with Gasteiger partial charge in [-0.05, 0) is 6.07 Å². The summed E-state index contributed by atoms with van der Waals surface area (Å²) in [7, 11) is 0. The normalized spacial score (nSPS) is 16.3. The zero-order valence-electron chi connectivity index (χ0n) is 11.3. The summed E-state index contributed by atoms with van der Waals surface area (Å²) >= 11 is 13.9. The first-order chi connectivity index (χ1) is 10.2. The lowest BCUT2D eigenvalue weighted by Crippen LogP contribution is -2.45. The summed E-state index contributed by atoms with van der Waals surface area (Å²) in [5.41, 5.74) is 4.30. The molecule has 1 aromatic carbocycles. The number of hydrogen-bond acceptors (Lipinski definition) is 5. The maximum Gasteiger partial charge on any atom is 0.108 e. The van der Waals surface area contributed by atoms with Crippen LogP contribution in [-0.4, -0.2) is 36.3 Å². The van der Waals surface area contributed by atoms with E-state index in [1.54, 1.807) is 17.4 Å². The molecule has 0 radical (unpaired) electrons. The van der Waals surface area contributed by atoms with E-state index in [1.165, 1.54) is 0 Å². The van der Waals surface area contributed by atoms with E-state index in [9.17, 15) is 0 Å². The molecule has 2 heterocycles. The predicted molar refractivity (Wildman–Crippen MR) is 86.8 cm³/mol. The number of benzene rings is 1. The molecule has 0 amide bonds. The van der Waals surface area contributed by atoms with Crippen LogP contribution in [-0.2, 0) is 11.3 Å². The fourth-order valence-electron chi connectivity index (χ4n) is 2.11. The van der Waals surface area contributed by atoms with Gasteiger partial charge in [-0.1, -0.05) is 35.3 Å². The maximum atomic E-state index is 6.25. The maximum absolute atomic E-state index is 6.25. The van der Waals surface area contributed by atoms with Crippen molar-refractivity contribution in [3.63, 3.8) is 0 Å². The Morgan fingerprint density at radius 3 is 2.90 bits per heavy atom. The molecule has 0 bridgehead atoms. The number of aromatic nitrogens is 1. The van der Waals surface area contributed by atoms with Gasteiger partial charge in [0.2, 0.25) is 0 Å². The van der Waals surface area contributed by atoms with E-state index in [1.807, 2.05) is 18.3 Å². The Labute approximate surface area is 137 Å². The largest absolute Gasteiger partial charge is 0.379 e. The molecule has 0 spiro atoms. The van der Waals surface area contributed by atoms with Crippen molar-refractivity contribution < 1.29 is 4.74 Å². The van der Waals surface area contributed by atoms with Gasteiger partial charge in [-0.3, -0.25) is 0 Å². The van der Waals surface area contributed by atoms with Crippen LogP contribution in [0.25, 0.3) is 10.4 Å². The number of ether oxygens (including phenoxy) is 1. The topological polar surface area (TPSA) is 37.4 Å². The number of nitrogens with zero attached hydrogens (tertiary/aromatic N) is 2. The van der Waals surface area contributed by atoms with Gasteiger partial charge >= 0.3 is 0 Å². The van der Waals surface area contributed by atoms with Crippen LogP contribution in [0.5, 0.6) is 0 Å². The third-order valence-electron chi connectivity index (χ3n) is 3.24. The SMILES string of the molecule is Clc1cccc(-c2cnc(CNN3CCOCC3)s2)c1Cl. The van der Waals surface area contributed by atoms with Gasteiger partial charge in [-0.25, -0.2) is 15.4 Å². The third kappa shape index (κ3) is 3.74. The minimum Gasteiger partial charge on any atom is -0.379 e. The summed E-state index contributed by atoms with van der Waals surface area (Å²) in [5, 5.41) is 4.33. The van der Waals surface area contributed by atoms with Crippen molar-refractivity contribution in [3.05, 3.63) is 39.4 Å². The Balaban J connectivity index is 1.67. The number of hydrazine groups is 1. The molecule has 1 aliphatic rings. The van der Waals surface area contributed by atoms with E-state index in [0.717, 1.165) is 41.8 Å². The minimum absolute atomic E-state index is 0.565. The Bertz CT molecular complexity index is 614. The van der Waals surface area contributed by atoms with Crippen LogP contribution in [0.3, 0.4) is 0 Å². The summed E-state index contributed by atoms with van der Waals surface area (Å²) in [6.45, 7) is 4.06. The average Bonchev–Trinajstić information content (AvgIpc) is 2.98. The molecule has 0 aliphatic carbocycles. The summed E-state index contributed by atoms with van der Waals surface area (Å²) < 4.78 is 5.32. The predicted octanol–water partition coefficient (Wildman–Crippen LogP) is 3.45. The van der Waals surface area contributed by atoms with Gasteiger partial charge in [-0.15, -0.1) is 11.3 Å². The van der Waals surface area contributed by atoms with Gasteiger partial charge < -0.3 is 4.74 Å². The van der Waals surface area contributed by atoms with Crippen molar-refractivity contribution in [1.29, 1.82) is 0 Å². The van der Waals surface area contributed by atoms with Gasteiger partial charge in [0.1, 0.15) is 5.01 Å². The second-order valence-corrected chi connectivity index (χ2v) is 6.55. The highest BCUT2D eigenvalue weighted by molar-refractivity contribution is 7.15. The van der Waals surface area contributed by atoms with E-state index >= 15 is 0 Å². The molecular formula is C14H15Cl2N3OS. The monoisotopic (exact) mass is 343 g/mol. The summed E-state index contributed by atoms with van der Waals surface area (Å²) in [6, 6.07) is 5.64. The molecule has 112 valence electrons. The standard InChI is InChI=1S/C14H15Cl2N3OS/c15-11-3-1-2-10(14(11)16)12-8-17-13(21-12)9-18-19-4-6-20-7-5-19/h1-3,8,18H,4-7,9H2. The first-order valence-electron chi connectivity index (χ1n) is 6.69. The third-order valence-corrected chi connectivity index (χ3v) is 5.09. The van der Waals surface area contributed by atoms with E-state index in [-0.39, 0.29) is 0 Å². The van der Waals surface area contributed by atoms with Gasteiger partial charge in [0.05, 0.1) is 34.7 Å². The smallest absolute Gasteiger partial charge is 0.108 e. The lowest BCUT2D eigenvalue weighted by molar-refractivity contribution is 0.0105. The zero-order valence-corrected chi connectivity index (χ0v) is 13.6. The van der Waals surface area contributed by atoms with E-state index in [4.69, 9.17) is 27.9 Å². The molecule has 1 saturated heterocycles. The molecule has 2 aromatic rings. The molecule has 1 aromatic heterocycles. The van der Waals surface area contributed by atoms with Gasteiger partial charge in [0, 0.05) is 24.8 Å². The van der Waals surface area contributed by atoms with Crippen molar-refractivity contribution >= 4 is 34.5 Å². The molecule has 21 heavy (non-hydrogen) atoms. The van der Waals surface area contributed by atoms with Crippen molar-refractivity contribution in [1.82, 2.24) is 15.4 Å². The quantitative estimate of drug-likeness (QED) is 0.922. The van der Waals surface area contributed by atoms with Gasteiger partial charge in [-0.2, -0.15) is 0 Å². The van der Waals surface area contributed by atoms with Crippen molar-refractivity contribution in [2.45, 2.75) is 6.54 Å². The van der Waals surface area contributed by atoms with E-state index in [0.29, 0.717) is 16.6 Å².